The number of carbonyl (C=O) groups is 1. The highest BCUT2D eigenvalue weighted by molar-refractivity contribution is 5.96. The van der Waals surface area contributed by atoms with Crippen molar-refractivity contribution in [2.24, 2.45) is 5.10 Å². The lowest BCUT2D eigenvalue weighted by Crippen LogP contribution is -2.19. The summed E-state index contributed by atoms with van der Waals surface area (Å²) in [7, 11) is 0. The average molecular weight is 322 g/mol. The summed E-state index contributed by atoms with van der Waals surface area (Å²) in [6, 6.07) is 3.28. The van der Waals surface area contributed by atoms with Gasteiger partial charge in [0.05, 0.1) is 19.8 Å². The molecule has 0 radical (unpaired) electrons. The number of rotatable bonds is 9. The van der Waals surface area contributed by atoms with Gasteiger partial charge in [-0.25, -0.2) is 5.43 Å². The van der Waals surface area contributed by atoms with E-state index in [0.29, 0.717) is 42.6 Å². The molecule has 0 aliphatic heterocycles. The van der Waals surface area contributed by atoms with Crippen molar-refractivity contribution in [1.82, 2.24) is 5.43 Å². The second-order valence-electron chi connectivity index (χ2n) is 4.74. The number of hydrogen-bond acceptors (Lipinski definition) is 5. The van der Waals surface area contributed by atoms with E-state index in [-0.39, 0.29) is 5.91 Å². The van der Waals surface area contributed by atoms with Gasteiger partial charge in [-0.15, -0.1) is 0 Å². The van der Waals surface area contributed by atoms with Crippen LogP contribution >= 0.6 is 0 Å². The van der Waals surface area contributed by atoms with E-state index < -0.39 is 0 Å². The molecule has 0 aromatic heterocycles. The van der Waals surface area contributed by atoms with E-state index in [1.807, 2.05) is 34.6 Å². The molecular formula is C17H26N2O4. The molecule has 1 N–H and O–H groups in total. The zero-order chi connectivity index (χ0) is 17.2. The number of hydrogen-bond donors (Lipinski definition) is 1. The van der Waals surface area contributed by atoms with Gasteiger partial charge in [-0.2, -0.15) is 5.10 Å². The summed E-state index contributed by atoms with van der Waals surface area (Å²) in [4.78, 5) is 12.3. The summed E-state index contributed by atoms with van der Waals surface area (Å²) in [6.07, 6.45) is 0.776. The highest BCUT2D eigenvalue weighted by Crippen LogP contribution is 2.39. The van der Waals surface area contributed by atoms with Crippen molar-refractivity contribution in [3.8, 4) is 17.2 Å². The molecule has 23 heavy (non-hydrogen) atoms. The van der Waals surface area contributed by atoms with Crippen molar-refractivity contribution < 1.29 is 19.0 Å². The minimum Gasteiger partial charge on any atom is -0.490 e. The second-order valence-corrected chi connectivity index (χ2v) is 4.74. The van der Waals surface area contributed by atoms with Gasteiger partial charge in [-0.1, -0.05) is 6.92 Å². The molecule has 6 heteroatoms. The standard InChI is InChI=1S/C17H26N2O4/c1-6-12(5)18-19-17(20)13-10-14(21-7-2)16(23-9-4)15(11-13)22-8-3/h10-11H,6-9H2,1-5H3,(H,19,20)/b18-12-. The van der Waals surface area contributed by atoms with Crippen LogP contribution in [0, 0.1) is 0 Å². The minimum atomic E-state index is -0.317. The fraction of sp³-hybridized carbons (Fsp3) is 0.529. The maximum Gasteiger partial charge on any atom is 0.271 e. The minimum absolute atomic E-state index is 0.317. The molecular weight excluding hydrogens is 296 g/mol. The van der Waals surface area contributed by atoms with Crippen LogP contribution in [0.1, 0.15) is 51.4 Å². The molecule has 0 saturated heterocycles. The van der Waals surface area contributed by atoms with Crippen molar-refractivity contribution in [2.45, 2.75) is 41.0 Å². The first-order valence-corrected chi connectivity index (χ1v) is 7.97. The van der Waals surface area contributed by atoms with E-state index in [4.69, 9.17) is 14.2 Å². The molecule has 1 rings (SSSR count). The van der Waals surface area contributed by atoms with Crippen LogP contribution in [0.25, 0.3) is 0 Å². The third-order valence-electron chi connectivity index (χ3n) is 3.03. The lowest BCUT2D eigenvalue weighted by Gasteiger charge is -2.16. The Hall–Kier alpha value is -2.24. The predicted octanol–water partition coefficient (Wildman–Crippen LogP) is 3.40. The van der Waals surface area contributed by atoms with E-state index in [0.717, 1.165) is 12.1 Å². The van der Waals surface area contributed by atoms with E-state index in [1.54, 1.807) is 12.1 Å². The fourth-order valence-electron chi connectivity index (χ4n) is 1.81. The number of nitrogens with one attached hydrogen (secondary N) is 1. The molecule has 128 valence electrons. The molecule has 0 spiro atoms. The zero-order valence-electron chi connectivity index (χ0n) is 14.6. The van der Waals surface area contributed by atoms with Gasteiger partial charge in [0.25, 0.3) is 5.91 Å². The van der Waals surface area contributed by atoms with Crippen molar-refractivity contribution in [2.75, 3.05) is 19.8 Å². The number of benzene rings is 1. The first-order chi connectivity index (χ1) is 11.1. The van der Waals surface area contributed by atoms with Crippen molar-refractivity contribution in [3.05, 3.63) is 17.7 Å². The third-order valence-corrected chi connectivity index (χ3v) is 3.03. The Balaban J connectivity index is 3.19. The summed E-state index contributed by atoms with van der Waals surface area (Å²) in [6.45, 7) is 10.9. The molecule has 0 aliphatic carbocycles. The van der Waals surface area contributed by atoms with Crippen LogP contribution in [0.3, 0.4) is 0 Å². The summed E-state index contributed by atoms with van der Waals surface area (Å²) in [5, 5.41) is 4.03. The molecule has 1 amide bonds. The quantitative estimate of drug-likeness (QED) is 0.559. The molecule has 0 fully saturated rings. The van der Waals surface area contributed by atoms with Crippen LogP contribution in [0.2, 0.25) is 0 Å². The first-order valence-electron chi connectivity index (χ1n) is 7.97. The number of ether oxygens (including phenoxy) is 3. The van der Waals surface area contributed by atoms with Crippen LogP contribution in [0.5, 0.6) is 17.2 Å². The van der Waals surface area contributed by atoms with Crippen molar-refractivity contribution >= 4 is 11.6 Å². The normalized spacial score (nSPS) is 11.1. The SMILES string of the molecule is CCOc1cc(C(=O)N/N=C(/C)CC)cc(OCC)c1OCC. The fourth-order valence-corrected chi connectivity index (χ4v) is 1.81. The molecule has 0 heterocycles. The highest BCUT2D eigenvalue weighted by atomic mass is 16.5. The number of amides is 1. The molecule has 0 aliphatic rings. The molecule has 1 aromatic carbocycles. The smallest absolute Gasteiger partial charge is 0.271 e. The maximum absolute atomic E-state index is 12.3. The number of hydrazone groups is 1. The Morgan fingerprint density at radius 3 is 1.96 bits per heavy atom. The summed E-state index contributed by atoms with van der Waals surface area (Å²) >= 11 is 0. The molecule has 0 bridgehead atoms. The van der Waals surface area contributed by atoms with Gasteiger partial charge in [0.1, 0.15) is 0 Å². The predicted molar refractivity (Wildman–Crippen MR) is 90.8 cm³/mol. The van der Waals surface area contributed by atoms with E-state index >= 15 is 0 Å². The monoisotopic (exact) mass is 322 g/mol. The molecule has 0 saturated carbocycles. The first kappa shape index (κ1) is 18.8. The van der Waals surface area contributed by atoms with E-state index in [2.05, 4.69) is 10.5 Å². The van der Waals surface area contributed by atoms with Gasteiger partial charge in [0, 0.05) is 11.3 Å². The second kappa shape index (κ2) is 9.71. The Morgan fingerprint density at radius 1 is 1.00 bits per heavy atom. The summed E-state index contributed by atoms with van der Waals surface area (Å²) < 4.78 is 16.8. The zero-order valence-corrected chi connectivity index (χ0v) is 14.6. The Labute approximate surface area is 137 Å². The van der Waals surface area contributed by atoms with Gasteiger partial charge in [0.15, 0.2) is 11.5 Å². The average Bonchev–Trinajstić information content (AvgIpc) is 2.55. The largest absolute Gasteiger partial charge is 0.490 e. The third kappa shape index (κ3) is 5.47. The Bertz CT molecular complexity index is 529. The van der Waals surface area contributed by atoms with Crippen LogP contribution in [-0.4, -0.2) is 31.4 Å². The lowest BCUT2D eigenvalue weighted by atomic mass is 10.1. The van der Waals surface area contributed by atoms with Gasteiger partial charge in [-0.3, -0.25) is 4.79 Å². The number of nitrogens with zero attached hydrogens (tertiary/aromatic N) is 1. The van der Waals surface area contributed by atoms with Crippen LogP contribution in [0.15, 0.2) is 17.2 Å². The summed E-state index contributed by atoms with van der Waals surface area (Å²) in [5.74, 6) is 1.17. The van der Waals surface area contributed by atoms with Crippen molar-refractivity contribution in [1.29, 1.82) is 0 Å². The molecule has 1 aromatic rings. The Kier molecular flexibility index (Phi) is 7.94. The molecule has 0 atom stereocenters. The van der Waals surface area contributed by atoms with E-state index in [9.17, 15) is 4.79 Å². The Morgan fingerprint density at radius 2 is 1.52 bits per heavy atom. The van der Waals surface area contributed by atoms with Gasteiger partial charge in [-0.05, 0) is 46.2 Å². The van der Waals surface area contributed by atoms with Crippen LogP contribution in [-0.2, 0) is 0 Å². The van der Waals surface area contributed by atoms with Crippen molar-refractivity contribution in [3.63, 3.8) is 0 Å². The highest BCUT2D eigenvalue weighted by Gasteiger charge is 2.18. The van der Waals surface area contributed by atoms with Gasteiger partial charge >= 0.3 is 0 Å². The van der Waals surface area contributed by atoms with Gasteiger partial charge < -0.3 is 14.2 Å². The number of carbonyl (C=O) groups excluding carboxylic acids is 1. The van der Waals surface area contributed by atoms with E-state index in [1.165, 1.54) is 0 Å². The lowest BCUT2D eigenvalue weighted by molar-refractivity contribution is 0.0953. The van der Waals surface area contributed by atoms with Gasteiger partial charge in [0.2, 0.25) is 5.75 Å². The molecule has 0 unspecified atom stereocenters. The van der Waals surface area contributed by atoms with Crippen LogP contribution in [0.4, 0.5) is 0 Å². The molecule has 6 nitrogen and oxygen atoms in total. The topological polar surface area (TPSA) is 69.2 Å². The van der Waals surface area contributed by atoms with Crippen LogP contribution < -0.4 is 19.6 Å². The summed E-state index contributed by atoms with van der Waals surface area (Å²) in [5.41, 5.74) is 3.79. The maximum atomic E-state index is 12.3.